The highest BCUT2D eigenvalue weighted by Gasteiger charge is 2.20. The molecule has 6 aromatic rings. The van der Waals surface area contributed by atoms with E-state index in [1.54, 1.807) is 11.3 Å². The first-order valence-electron chi connectivity index (χ1n) is 17.8. The molecule has 0 saturated heterocycles. The molecule has 8 nitrogen and oxygen atoms in total. The summed E-state index contributed by atoms with van der Waals surface area (Å²) in [5.74, 6) is 0. The van der Waals surface area contributed by atoms with Crippen LogP contribution in [0.25, 0.3) is 33.2 Å². The number of rotatable bonds is 8. The molecule has 0 unspecified atom stereocenters. The van der Waals surface area contributed by atoms with Crippen LogP contribution in [-0.4, -0.2) is 27.3 Å². The normalized spacial score (nSPS) is 10.9. The Morgan fingerprint density at radius 1 is 0.556 bits per heavy atom. The lowest BCUT2D eigenvalue weighted by Crippen LogP contribution is -2.13. The lowest BCUT2D eigenvalue weighted by Gasteiger charge is -2.26. The molecule has 9 heteroatoms. The number of thiophene rings is 1. The highest BCUT2D eigenvalue weighted by molar-refractivity contribution is 7.19. The van der Waals surface area contributed by atoms with Gasteiger partial charge in [-0.05, 0) is 124 Å². The van der Waals surface area contributed by atoms with Gasteiger partial charge in [0.15, 0.2) is 0 Å². The molecule has 276 valence electrons. The summed E-state index contributed by atoms with van der Waals surface area (Å²) in [6.45, 7) is 17.9. The van der Waals surface area contributed by atoms with Crippen LogP contribution in [0.15, 0.2) is 109 Å². The molecule has 6 rings (SSSR count). The summed E-state index contributed by atoms with van der Waals surface area (Å²) in [7, 11) is 0. The summed E-state index contributed by atoms with van der Waals surface area (Å²) in [4.78, 5) is 50.5. The fourth-order valence-electron chi connectivity index (χ4n) is 5.84. The van der Waals surface area contributed by atoms with E-state index in [0.717, 1.165) is 57.6 Å². The van der Waals surface area contributed by atoms with E-state index in [2.05, 4.69) is 162 Å². The van der Waals surface area contributed by atoms with Gasteiger partial charge >= 0.3 is 12.3 Å². The molecule has 0 N–H and O–H groups in total. The Labute approximate surface area is 322 Å². The molecule has 0 amide bonds. The van der Waals surface area contributed by atoms with E-state index in [-0.39, 0.29) is 23.1 Å². The molecule has 0 aliphatic carbocycles. The third-order valence-corrected chi connectivity index (χ3v) is 10.0. The van der Waals surface area contributed by atoms with Crippen LogP contribution < -0.4 is 4.90 Å². The third-order valence-electron chi connectivity index (χ3n) is 8.89. The second-order valence-corrected chi connectivity index (χ2v) is 15.7. The number of benzene rings is 2. The van der Waals surface area contributed by atoms with Gasteiger partial charge in [0.05, 0.1) is 22.8 Å². The Kier molecular flexibility index (Phi) is 13.8. The van der Waals surface area contributed by atoms with Crippen LogP contribution >= 0.6 is 11.3 Å². The van der Waals surface area contributed by atoms with Crippen molar-refractivity contribution in [3.8, 4) is 33.2 Å². The lowest BCUT2D eigenvalue weighted by molar-refractivity contribution is -0.193. The van der Waals surface area contributed by atoms with Gasteiger partial charge in [-0.15, -0.1) is 11.3 Å². The zero-order valence-electron chi connectivity index (χ0n) is 32.1. The van der Waals surface area contributed by atoms with Crippen molar-refractivity contribution in [3.63, 3.8) is 0 Å². The molecule has 0 bridgehead atoms. The maximum Gasteiger partial charge on any atom is 0.373 e. The molecule has 4 aromatic heterocycles. The van der Waals surface area contributed by atoms with Crippen molar-refractivity contribution in [2.75, 3.05) is 4.90 Å². The number of aromatic nitrogens is 3. The first-order chi connectivity index (χ1) is 25.8. The molecule has 54 heavy (non-hydrogen) atoms. The smallest absolute Gasteiger partial charge is 0.302 e. The van der Waals surface area contributed by atoms with E-state index in [1.807, 2.05) is 12.4 Å². The molecule has 0 fully saturated rings. The number of aryl methyl sites for hydroxylation is 2. The second-order valence-electron chi connectivity index (χ2n) is 14.7. The Hall–Kier alpha value is -5.85. The average molecular weight is 739 g/mol. The van der Waals surface area contributed by atoms with Gasteiger partial charge in [0, 0.05) is 28.6 Å². The minimum absolute atomic E-state index is 0.0925. The summed E-state index contributed by atoms with van der Waals surface area (Å²) in [5.41, 5.74) is 12.2. The fourth-order valence-corrected chi connectivity index (χ4v) is 6.88. The fraction of sp³-hybridized carbons (Fsp3) is 0.267. The highest BCUT2D eigenvalue weighted by atomic mass is 32.1. The van der Waals surface area contributed by atoms with E-state index in [9.17, 15) is 0 Å². The van der Waals surface area contributed by atoms with Crippen LogP contribution in [0.3, 0.4) is 0 Å². The molecular formula is C45H46N4O4S. The molecule has 0 aliphatic rings. The minimum atomic E-state index is 0.0925. The summed E-state index contributed by atoms with van der Waals surface area (Å²) in [6.07, 6.45) is 6.15. The Morgan fingerprint density at radius 3 is 1.46 bits per heavy atom. The van der Waals surface area contributed by atoms with Crippen LogP contribution in [0.4, 0.5) is 16.4 Å². The lowest BCUT2D eigenvalue weighted by atomic mass is 9.87. The molecule has 0 atom stereocenters. The quantitative estimate of drug-likeness (QED) is 0.152. The molecule has 2 aromatic carbocycles. The van der Waals surface area contributed by atoms with Crippen LogP contribution in [0.5, 0.6) is 0 Å². The van der Waals surface area contributed by atoms with E-state index in [0.29, 0.717) is 0 Å². The van der Waals surface area contributed by atoms with Gasteiger partial charge in [0.1, 0.15) is 5.00 Å². The number of pyridine rings is 3. The van der Waals surface area contributed by atoms with Crippen molar-refractivity contribution in [2.24, 2.45) is 0 Å². The SMILES string of the molecule is CCc1ccnc(-c2cc(CC)cc(-c3cc(-c4ccc(N(c5ccc(C(C)(C)C)cc5)c5ccc(C(C)(C)C)cc5)s4)ccn3)n2)c1.O=C=O.O=C=O. The summed E-state index contributed by atoms with van der Waals surface area (Å²) in [6, 6.07) is 35.3. The predicted octanol–water partition coefficient (Wildman–Crippen LogP) is 11.0. The first kappa shape index (κ1) is 40.9. The summed E-state index contributed by atoms with van der Waals surface area (Å²) in [5, 5.41) is 1.16. The van der Waals surface area contributed by atoms with E-state index in [1.165, 1.54) is 27.1 Å². The maximum atomic E-state index is 8.12. The van der Waals surface area contributed by atoms with Crippen molar-refractivity contribution in [2.45, 2.75) is 79.1 Å². The Bertz CT molecular complexity index is 2150. The highest BCUT2D eigenvalue weighted by Crippen LogP contribution is 2.43. The first-order valence-corrected chi connectivity index (χ1v) is 18.6. The summed E-state index contributed by atoms with van der Waals surface area (Å²) >= 11 is 1.79. The van der Waals surface area contributed by atoms with Crippen LogP contribution in [0.2, 0.25) is 0 Å². The van der Waals surface area contributed by atoms with Crippen molar-refractivity contribution in [1.29, 1.82) is 0 Å². The van der Waals surface area contributed by atoms with E-state index >= 15 is 0 Å². The molecule has 0 radical (unpaired) electrons. The third kappa shape index (κ3) is 10.4. The van der Waals surface area contributed by atoms with Crippen molar-refractivity contribution in [1.82, 2.24) is 15.0 Å². The molecule has 0 spiro atoms. The Morgan fingerprint density at radius 2 is 1.00 bits per heavy atom. The predicted molar refractivity (Wildman–Crippen MR) is 215 cm³/mol. The second kappa shape index (κ2) is 18.3. The molecule has 0 saturated carbocycles. The van der Waals surface area contributed by atoms with Gasteiger partial charge in [-0.2, -0.15) is 19.2 Å². The van der Waals surface area contributed by atoms with Gasteiger partial charge in [-0.25, -0.2) is 4.98 Å². The van der Waals surface area contributed by atoms with Gasteiger partial charge in [-0.3, -0.25) is 9.97 Å². The monoisotopic (exact) mass is 738 g/mol. The average Bonchev–Trinajstić information content (AvgIpc) is 3.65. The summed E-state index contributed by atoms with van der Waals surface area (Å²) < 4.78 is 0. The van der Waals surface area contributed by atoms with Crippen molar-refractivity contribution >= 4 is 40.0 Å². The van der Waals surface area contributed by atoms with Gasteiger partial charge < -0.3 is 4.90 Å². The topological polar surface area (TPSA) is 110 Å². The van der Waals surface area contributed by atoms with Crippen LogP contribution in [-0.2, 0) is 42.8 Å². The van der Waals surface area contributed by atoms with Gasteiger partial charge in [-0.1, -0.05) is 79.7 Å². The Balaban J connectivity index is 0.00000102. The number of hydrogen-bond donors (Lipinski definition) is 0. The minimum Gasteiger partial charge on any atom is -0.302 e. The number of carbonyl (C=O) groups excluding carboxylic acids is 4. The van der Waals surface area contributed by atoms with Crippen LogP contribution in [0, 0.1) is 0 Å². The van der Waals surface area contributed by atoms with Gasteiger partial charge in [0.2, 0.25) is 0 Å². The largest absolute Gasteiger partial charge is 0.373 e. The zero-order valence-corrected chi connectivity index (χ0v) is 33.0. The molecule has 0 aliphatic heterocycles. The zero-order chi connectivity index (χ0) is 39.5. The maximum absolute atomic E-state index is 8.12. The number of hydrogen-bond acceptors (Lipinski definition) is 9. The van der Waals surface area contributed by atoms with Gasteiger partial charge in [0.25, 0.3) is 0 Å². The molecular weight excluding hydrogens is 693 g/mol. The van der Waals surface area contributed by atoms with Crippen LogP contribution in [0.1, 0.15) is 77.6 Å². The number of anilines is 3. The van der Waals surface area contributed by atoms with Crippen molar-refractivity contribution < 1.29 is 19.2 Å². The standard InChI is InChI=1S/C43H46N4S.2CO2/c1-9-29-21-23-44-36(25-29)38-26-30(10-2)27-39(46-38)37-28-31(22-24-45-37)40-19-20-41(48-40)47(34-15-11-32(12-16-34)42(3,4)5)35-17-13-33(14-18-35)43(6,7)8;2*2-1-3/h11-28H,9-10H2,1-8H3;;. The van der Waals surface area contributed by atoms with Crippen molar-refractivity contribution in [3.05, 3.63) is 132 Å². The van der Waals surface area contributed by atoms with E-state index in [4.69, 9.17) is 29.1 Å². The van der Waals surface area contributed by atoms with E-state index < -0.39 is 0 Å². The molecule has 4 heterocycles. The number of nitrogens with zero attached hydrogens (tertiary/aromatic N) is 4.